The maximum atomic E-state index is 12.3. The summed E-state index contributed by atoms with van der Waals surface area (Å²) in [6.45, 7) is 5.81. The summed E-state index contributed by atoms with van der Waals surface area (Å²) in [6.07, 6.45) is 17.6. The fourth-order valence-corrected chi connectivity index (χ4v) is 4.30. The molecule has 0 radical (unpaired) electrons. The molecule has 1 unspecified atom stereocenters. The highest BCUT2D eigenvalue weighted by molar-refractivity contribution is 5.71. The van der Waals surface area contributed by atoms with Crippen LogP contribution in [0.3, 0.4) is 0 Å². The van der Waals surface area contributed by atoms with Gasteiger partial charge in [0.05, 0.1) is 14.2 Å². The number of unbranched alkanes of at least 4 members (excludes halogenated alkanes) is 13. The lowest BCUT2D eigenvalue weighted by Crippen LogP contribution is -2.29. The van der Waals surface area contributed by atoms with Crippen LogP contribution in [0, 0.1) is 0 Å². The van der Waals surface area contributed by atoms with Crippen LogP contribution in [-0.4, -0.2) is 57.4 Å². The first kappa shape index (κ1) is 40.4. The van der Waals surface area contributed by atoms with Gasteiger partial charge in [0.25, 0.3) is 0 Å². The van der Waals surface area contributed by atoms with Gasteiger partial charge in [-0.05, 0) is 32.1 Å². The quantitative estimate of drug-likeness (QED) is 0.0201. The van der Waals surface area contributed by atoms with E-state index in [2.05, 4.69) is 23.0 Å². The van der Waals surface area contributed by atoms with Crippen LogP contribution in [0.4, 0.5) is 0 Å². The number of allylic oxidation sites excluding steroid dienone is 1. The third-order valence-corrected chi connectivity index (χ3v) is 6.95. The van der Waals surface area contributed by atoms with Gasteiger partial charge in [0.15, 0.2) is 6.10 Å². The van der Waals surface area contributed by atoms with Gasteiger partial charge < -0.3 is 23.8 Å². The summed E-state index contributed by atoms with van der Waals surface area (Å²) in [7, 11) is 2.63. The molecule has 0 saturated carbocycles. The zero-order valence-electron chi connectivity index (χ0n) is 27.1. The molecule has 0 aromatic carbocycles. The zero-order chi connectivity index (χ0) is 32.0. The molecule has 0 aromatic heterocycles. The fourth-order valence-electron chi connectivity index (χ4n) is 4.30. The van der Waals surface area contributed by atoms with Gasteiger partial charge in [-0.1, -0.05) is 84.1 Å². The van der Waals surface area contributed by atoms with Crippen molar-refractivity contribution in [2.45, 2.75) is 148 Å². The van der Waals surface area contributed by atoms with Crippen LogP contribution in [0.25, 0.3) is 0 Å². The van der Waals surface area contributed by atoms with Crippen molar-refractivity contribution in [3.63, 3.8) is 0 Å². The predicted octanol–water partition coefficient (Wildman–Crippen LogP) is 7.46. The van der Waals surface area contributed by atoms with Gasteiger partial charge in [-0.15, -0.1) is 0 Å². The highest BCUT2D eigenvalue weighted by Crippen LogP contribution is 2.15. The van der Waals surface area contributed by atoms with Crippen molar-refractivity contribution in [2.75, 3.05) is 27.4 Å². The number of ether oxygens (including phenoxy) is 4. The van der Waals surface area contributed by atoms with E-state index < -0.39 is 18.0 Å². The lowest BCUT2D eigenvalue weighted by molar-refractivity contribution is -0.279. The molecule has 0 aliphatic heterocycles. The lowest BCUT2D eigenvalue weighted by atomic mass is 10.0. The molecule has 0 heterocycles. The van der Waals surface area contributed by atoms with Gasteiger partial charge in [0, 0.05) is 32.1 Å². The fraction of sp³-hybridized carbons (Fsp3) is 0.818. The van der Waals surface area contributed by atoms with Crippen LogP contribution in [0.5, 0.6) is 0 Å². The van der Waals surface area contributed by atoms with E-state index in [0.717, 1.165) is 12.8 Å². The molecule has 0 bridgehead atoms. The molecule has 1 atom stereocenters. The third kappa shape index (κ3) is 27.9. The minimum absolute atomic E-state index is 0.0987. The van der Waals surface area contributed by atoms with E-state index in [9.17, 15) is 19.2 Å². The average Bonchev–Trinajstić information content (AvgIpc) is 3.00. The molecule has 0 aliphatic carbocycles. The molecule has 0 fully saturated rings. The minimum atomic E-state index is -0.869. The van der Waals surface area contributed by atoms with E-state index in [1.807, 2.05) is 0 Å². The second kappa shape index (κ2) is 29.5. The number of hydrogen-bond acceptors (Lipinski definition) is 10. The van der Waals surface area contributed by atoms with Crippen LogP contribution in [0.15, 0.2) is 12.3 Å². The maximum Gasteiger partial charge on any atom is 0.306 e. The first-order valence-electron chi connectivity index (χ1n) is 16.3. The number of carbonyl (C=O) groups excluding carboxylic acids is 4. The minimum Gasteiger partial charge on any atom is -0.469 e. The summed E-state index contributed by atoms with van der Waals surface area (Å²) in [4.78, 5) is 57.4. The van der Waals surface area contributed by atoms with Crippen molar-refractivity contribution in [1.29, 1.82) is 0 Å². The van der Waals surface area contributed by atoms with Gasteiger partial charge in [-0.3, -0.25) is 19.2 Å². The largest absolute Gasteiger partial charge is 0.469 e. The van der Waals surface area contributed by atoms with Crippen LogP contribution in [-0.2, 0) is 47.9 Å². The number of carbonyl (C=O) groups is 4. The molecule has 0 N–H and O–H groups in total. The first-order valence-corrected chi connectivity index (χ1v) is 16.3. The van der Waals surface area contributed by atoms with Crippen molar-refractivity contribution in [2.24, 2.45) is 0 Å². The van der Waals surface area contributed by atoms with Crippen molar-refractivity contribution in [3.05, 3.63) is 12.3 Å². The SMILES string of the molecule is C=C(CCCCCCCCCCCCCC)OOCC(COC(=O)CCCCC(=O)OC)OC(=O)CCCCC(=O)OC. The van der Waals surface area contributed by atoms with E-state index in [0.29, 0.717) is 37.9 Å². The summed E-state index contributed by atoms with van der Waals surface area (Å²) < 4.78 is 19.9. The van der Waals surface area contributed by atoms with Crippen molar-refractivity contribution >= 4 is 23.9 Å². The second-order valence-electron chi connectivity index (χ2n) is 10.9. The summed E-state index contributed by atoms with van der Waals surface area (Å²) >= 11 is 0. The Kier molecular flexibility index (Phi) is 27.7. The molecule has 0 spiro atoms. The van der Waals surface area contributed by atoms with Crippen LogP contribution >= 0.6 is 0 Å². The van der Waals surface area contributed by atoms with Gasteiger partial charge in [0.2, 0.25) is 0 Å². The van der Waals surface area contributed by atoms with Gasteiger partial charge in [-0.25, -0.2) is 0 Å². The van der Waals surface area contributed by atoms with E-state index in [1.54, 1.807) is 0 Å². The third-order valence-electron chi connectivity index (χ3n) is 6.95. The molecular formula is C33H58O10. The van der Waals surface area contributed by atoms with Gasteiger partial charge in [-0.2, -0.15) is 4.89 Å². The Morgan fingerprint density at radius 1 is 0.535 bits per heavy atom. The van der Waals surface area contributed by atoms with E-state index >= 15 is 0 Å². The molecule has 0 aromatic rings. The van der Waals surface area contributed by atoms with E-state index in [1.165, 1.54) is 78.4 Å². The summed E-state index contributed by atoms with van der Waals surface area (Å²) in [6, 6.07) is 0. The second-order valence-corrected chi connectivity index (χ2v) is 10.9. The average molecular weight is 615 g/mol. The van der Waals surface area contributed by atoms with Crippen LogP contribution < -0.4 is 0 Å². The van der Waals surface area contributed by atoms with Gasteiger partial charge in [0.1, 0.15) is 19.0 Å². The Morgan fingerprint density at radius 3 is 1.44 bits per heavy atom. The van der Waals surface area contributed by atoms with Gasteiger partial charge >= 0.3 is 23.9 Å². The first-order chi connectivity index (χ1) is 20.8. The monoisotopic (exact) mass is 614 g/mol. The molecular weight excluding hydrogens is 556 g/mol. The number of hydrogen-bond donors (Lipinski definition) is 0. The predicted molar refractivity (Wildman–Crippen MR) is 164 cm³/mol. The smallest absolute Gasteiger partial charge is 0.306 e. The van der Waals surface area contributed by atoms with Crippen molar-refractivity contribution in [3.8, 4) is 0 Å². The normalized spacial score (nSPS) is 11.4. The molecule has 0 amide bonds. The molecule has 10 nitrogen and oxygen atoms in total. The van der Waals surface area contributed by atoms with Crippen LogP contribution in [0.2, 0.25) is 0 Å². The standard InChI is InChI=1S/C33H58O10/c1-5-6-7-8-9-10-11-12-13-14-15-16-21-28(2)43-41-27-29(42-33(37)25-20-18-23-31(35)39-4)26-40-32(36)24-19-17-22-30(34)38-3/h29H,2,5-27H2,1,3-4H3. The van der Waals surface area contributed by atoms with E-state index in [-0.39, 0.29) is 50.8 Å². The Balaban J connectivity index is 4.28. The summed E-state index contributed by atoms with van der Waals surface area (Å²) in [5, 5.41) is 0. The zero-order valence-corrected chi connectivity index (χ0v) is 27.1. The topological polar surface area (TPSA) is 124 Å². The van der Waals surface area contributed by atoms with Crippen molar-refractivity contribution < 1.29 is 47.9 Å². The maximum absolute atomic E-state index is 12.3. The summed E-state index contributed by atoms with van der Waals surface area (Å²) in [5.74, 6) is -1.14. The highest BCUT2D eigenvalue weighted by Gasteiger charge is 2.19. The molecule has 10 heteroatoms. The Bertz CT molecular complexity index is 752. The molecule has 0 aliphatic rings. The summed E-state index contributed by atoms with van der Waals surface area (Å²) in [5.41, 5.74) is 0. The van der Waals surface area contributed by atoms with Crippen LogP contribution in [0.1, 0.15) is 142 Å². The molecule has 0 saturated heterocycles. The molecule has 250 valence electrons. The Labute approximate surface area is 259 Å². The van der Waals surface area contributed by atoms with E-state index in [4.69, 9.17) is 19.2 Å². The Morgan fingerprint density at radius 2 is 0.953 bits per heavy atom. The number of rotatable bonds is 30. The lowest BCUT2D eigenvalue weighted by Gasteiger charge is -2.18. The molecule has 0 rings (SSSR count). The number of methoxy groups -OCH3 is 2. The Hall–Kier alpha value is -2.62. The molecule has 43 heavy (non-hydrogen) atoms. The number of esters is 4. The van der Waals surface area contributed by atoms with Crippen molar-refractivity contribution in [1.82, 2.24) is 0 Å². The highest BCUT2D eigenvalue weighted by atomic mass is 17.2.